The van der Waals surface area contributed by atoms with Gasteiger partial charge in [0, 0.05) is 44.8 Å². The molecule has 0 bridgehead atoms. The van der Waals surface area contributed by atoms with E-state index >= 15 is 0 Å². The topological polar surface area (TPSA) is 77.5 Å². The molecule has 190 valence electrons. The summed E-state index contributed by atoms with van der Waals surface area (Å²) in [5.41, 5.74) is 3.25. The van der Waals surface area contributed by atoms with Crippen LogP contribution < -0.4 is 10.2 Å². The minimum Gasteiger partial charge on any atom is -0.368 e. The smallest absolute Gasteiger partial charge is 0.264 e. The van der Waals surface area contributed by atoms with Gasteiger partial charge in [-0.15, -0.1) is 11.3 Å². The molecule has 0 atom stereocenters. The van der Waals surface area contributed by atoms with Crippen molar-refractivity contribution in [2.75, 3.05) is 56.5 Å². The molecule has 3 aromatic heterocycles. The number of thiophene rings is 1. The van der Waals surface area contributed by atoms with E-state index in [1.54, 1.807) is 11.3 Å². The molecule has 2 saturated heterocycles. The number of piperidine rings is 1. The van der Waals surface area contributed by atoms with E-state index in [0.29, 0.717) is 11.9 Å². The summed E-state index contributed by atoms with van der Waals surface area (Å²) in [6, 6.07) is 4.11. The molecule has 3 aliphatic rings. The van der Waals surface area contributed by atoms with E-state index < -0.39 is 0 Å². The number of carbonyl (C=O) groups is 1. The molecule has 1 aliphatic carbocycles. The fraction of sp³-hybridized carbons (Fsp3) is 0.556. The summed E-state index contributed by atoms with van der Waals surface area (Å²) >= 11 is 1.58. The zero-order chi connectivity index (χ0) is 24.5. The van der Waals surface area contributed by atoms with Crippen LogP contribution in [0.3, 0.4) is 0 Å². The zero-order valence-electron chi connectivity index (χ0n) is 21.1. The highest BCUT2D eigenvalue weighted by molar-refractivity contribution is 7.21. The number of nitrogens with one attached hydrogen (secondary N) is 1. The lowest BCUT2D eigenvalue weighted by molar-refractivity contribution is 0.0728. The fourth-order valence-corrected chi connectivity index (χ4v) is 6.96. The van der Waals surface area contributed by atoms with Crippen molar-refractivity contribution in [1.29, 1.82) is 0 Å². The third-order valence-corrected chi connectivity index (χ3v) is 9.04. The lowest BCUT2D eigenvalue weighted by Crippen LogP contribution is -2.44. The van der Waals surface area contributed by atoms with Crippen LogP contribution in [0.15, 0.2) is 24.5 Å². The van der Waals surface area contributed by atoms with Gasteiger partial charge in [0.15, 0.2) is 0 Å². The van der Waals surface area contributed by atoms with Crippen LogP contribution >= 0.6 is 11.3 Å². The van der Waals surface area contributed by atoms with E-state index in [0.717, 1.165) is 97.1 Å². The van der Waals surface area contributed by atoms with E-state index in [2.05, 4.69) is 38.2 Å². The predicted octanol–water partition coefficient (Wildman–Crippen LogP) is 4.87. The lowest BCUT2D eigenvalue weighted by atomic mass is 9.96. The number of hydrogen-bond acceptors (Lipinski definition) is 8. The molecule has 8 nitrogen and oxygen atoms in total. The first-order valence-electron chi connectivity index (χ1n) is 13.4. The minimum absolute atomic E-state index is 0.190. The Morgan fingerprint density at radius 1 is 0.944 bits per heavy atom. The Bertz CT molecular complexity index is 1210. The van der Waals surface area contributed by atoms with Crippen LogP contribution in [-0.4, -0.2) is 77.0 Å². The molecule has 0 radical (unpaired) electrons. The summed E-state index contributed by atoms with van der Waals surface area (Å²) in [5.74, 6) is 1.87. The molecule has 0 spiro atoms. The van der Waals surface area contributed by atoms with Gasteiger partial charge in [-0.25, -0.2) is 15.0 Å². The van der Waals surface area contributed by atoms with Crippen LogP contribution in [0.5, 0.6) is 0 Å². The fourth-order valence-electron chi connectivity index (χ4n) is 5.79. The lowest BCUT2D eigenvalue weighted by Gasteiger charge is -2.33. The number of hydrogen-bond donors (Lipinski definition) is 1. The minimum atomic E-state index is 0.190. The first kappa shape index (κ1) is 23.6. The third-order valence-electron chi connectivity index (χ3n) is 7.92. The Labute approximate surface area is 216 Å². The Kier molecular flexibility index (Phi) is 6.75. The zero-order valence-corrected chi connectivity index (χ0v) is 21.9. The number of amides is 1. The van der Waals surface area contributed by atoms with Crippen molar-refractivity contribution < 1.29 is 4.79 Å². The summed E-state index contributed by atoms with van der Waals surface area (Å²) in [7, 11) is 2.16. The maximum absolute atomic E-state index is 13.6. The monoisotopic (exact) mass is 505 g/mol. The van der Waals surface area contributed by atoms with E-state index in [-0.39, 0.29) is 5.91 Å². The molecule has 1 saturated carbocycles. The maximum Gasteiger partial charge on any atom is 0.264 e. The number of likely N-dealkylation sites (tertiary alicyclic amines) is 1. The molecule has 3 fully saturated rings. The predicted molar refractivity (Wildman–Crippen MR) is 146 cm³/mol. The number of nitrogens with zero attached hydrogens (tertiary/aromatic N) is 6. The van der Waals surface area contributed by atoms with Crippen molar-refractivity contribution >= 4 is 44.9 Å². The van der Waals surface area contributed by atoms with Crippen LogP contribution in [-0.2, 0) is 0 Å². The van der Waals surface area contributed by atoms with Crippen LogP contribution in [0.1, 0.15) is 66.1 Å². The molecule has 9 heteroatoms. The third kappa shape index (κ3) is 4.78. The van der Waals surface area contributed by atoms with Gasteiger partial charge < -0.3 is 20.0 Å². The van der Waals surface area contributed by atoms with E-state index in [1.807, 2.05) is 23.4 Å². The highest BCUT2D eigenvalue weighted by Gasteiger charge is 2.31. The molecule has 5 heterocycles. The number of piperazine rings is 1. The maximum atomic E-state index is 13.6. The van der Waals surface area contributed by atoms with Crippen molar-refractivity contribution in [2.45, 2.75) is 50.9 Å². The van der Waals surface area contributed by atoms with Gasteiger partial charge in [-0.3, -0.25) is 4.79 Å². The van der Waals surface area contributed by atoms with Gasteiger partial charge in [-0.2, -0.15) is 0 Å². The molecule has 0 unspecified atom stereocenters. The largest absolute Gasteiger partial charge is 0.368 e. The molecule has 1 amide bonds. The standard InChI is InChI=1S/C27H35N7OS/c1-32-13-15-33(16-14-32)20-9-10-22(28-17-20)30-27-29-18-21-24(31-27)23(19-7-3-4-8-19)25(36-21)26(35)34-11-5-2-6-12-34/h9-10,17-19H,2-8,11-16H2,1H3,(H,28,29,30,31). The number of aromatic nitrogens is 3. The van der Waals surface area contributed by atoms with E-state index in [1.165, 1.54) is 19.3 Å². The SMILES string of the molecule is CN1CCN(c2ccc(Nc3ncc4sc(C(=O)N5CCCCC5)c(C5CCCC5)c4n3)nc2)CC1. The van der Waals surface area contributed by atoms with Gasteiger partial charge >= 0.3 is 0 Å². The van der Waals surface area contributed by atoms with Gasteiger partial charge in [0.05, 0.1) is 33.2 Å². The molecular formula is C27H35N7OS. The van der Waals surface area contributed by atoms with Crippen molar-refractivity contribution in [1.82, 2.24) is 24.8 Å². The van der Waals surface area contributed by atoms with Crippen molar-refractivity contribution in [3.63, 3.8) is 0 Å². The highest BCUT2D eigenvalue weighted by Crippen LogP contribution is 2.43. The second-order valence-corrected chi connectivity index (χ2v) is 11.5. The van der Waals surface area contributed by atoms with Crippen LogP contribution in [0.2, 0.25) is 0 Å². The second-order valence-electron chi connectivity index (χ2n) is 10.4. The van der Waals surface area contributed by atoms with Gasteiger partial charge in [0.25, 0.3) is 5.91 Å². The molecule has 0 aromatic carbocycles. The Balaban J connectivity index is 1.26. The van der Waals surface area contributed by atoms with Crippen LogP contribution in [0.25, 0.3) is 10.2 Å². The molecule has 36 heavy (non-hydrogen) atoms. The van der Waals surface area contributed by atoms with Gasteiger partial charge in [0.1, 0.15) is 5.82 Å². The summed E-state index contributed by atoms with van der Waals surface area (Å²) in [6.45, 7) is 5.91. The number of fused-ring (bicyclic) bond motifs is 1. The van der Waals surface area contributed by atoms with Crippen molar-refractivity contribution in [3.05, 3.63) is 35.0 Å². The Hall–Kier alpha value is -2.78. The van der Waals surface area contributed by atoms with Gasteiger partial charge in [0.2, 0.25) is 5.95 Å². The normalized spacial score (nSPS) is 19.8. The average molecular weight is 506 g/mol. The molecule has 1 N–H and O–H groups in total. The summed E-state index contributed by atoms with van der Waals surface area (Å²) in [5, 5.41) is 3.30. The molecule has 3 aromatic rings. The first-order chi connectivity index (χ1) is 17.7. The van der Waals surface area contributed by atoms with Crippen molar-refractivity contribution in [2.24, 2.45) is 0 Å². The first-order valence-corrected chi connectivity index (χ1v) is 14.2. The number of anilines is 3. The molecule has 6 rings (SSSR count). The molecule has 2 aliphatic heterocycles. The van der Waals surface area contributed by atoms with Crippen LogP contribution in [0, 0.1) is 0 Å². The van der Waals surface area contributed by atoms with Crippen LogP contribution in [0.4, 0.5) is 17.5 Å². The van der Waals surface area contributed by atoms with Gasteiger partial charge in [-0.05, 0) is 57.2 Å². The van der Waals surface area contributed by atoms with Crippen molar-refractivity contribution in [3.8, 4) is 0 Å². The Morgan fingerprint density at radius 2 is 1.72 bits per heavy atom. The second kappa shape index (κ2) is 10.3. The number of carbonyl (C=O) groups excluding carboxylic acids is 1. The quantitative estimate of drug-likeness (QED) is 0.530. The summed E-state index contributed by atoms with van der Waals surface area (Å²) in [4.78, 5) is 35.4. The number of rotatable bonds is 5. The average Bonchev–Trinajstić information content (AvgIpc) is 3.57. The van der Waals surface area contributed by atoms with E-state index in [4.69, 9.17) is 4.98 Å². The molecular weight excluding hydrogens is 470 g/mol. The highest BCUT2D eigenvalue weighted by atomic mass is 32.1. The van der Waals surface area contributed by atoms with Gasteiger partial charge in [-0.1, -0.05) is 12.8 Å². The number of likely N-dealkylation sites (N-methyl/N-ethyl adjacent to an activating group) is 1. The summed E-state index contributed by atoms with van der Waals surface area (Å²) < 4.78 is 1.00. The Morgan fingerprint density at radius 3 is 2.44 bits per heavy atom. The summed E-state index contributed by atoms with van der Waals surface area (Å²) in [6.07, 6.45) is 11.9. The van der Waals surface area contributed by atoms with E-state index in [9.17, 15) is 4.79 Å². The number of pyridine rings is 1.